The molecule has 0 aliphatic rings. The molecule has 1 heterocycles. The first-order chi connectivity index (χ1) is 12.4. The number of benzene rings is 2. The first-order valence-electron chi connectivity index (χ1n) is 7.18. The molecule has 0 fully saturated rings. The highest BCUT2D eigenvalue weighted by atomic mass is 79.9. The second-order valence-electron chi connectivity index (χ2n) is 5.07. The summed E-state index contributed by atoms with van der Waals surface area (Å²) in [4.78, 5) is 13.9. The fourth-order valence-corrected chi connectivity index (χ4v) is 3.69. The third-order valence-corrected chi connectivity index (χ3v) is 5.26. The maximum atomic E-state index is 12.3. The van der Waals surface area contributed by atoms with Gasteiger partial charge in [0, 0.05) is 16.1 Å². The van der Waals surface area contributed by atoms with Gasteiger partial charge in [-0.3, -0.25) is 10.1 Å². The van der Waals surface area contributed by atoms with E-state index in [-0.39, 0.29) is 12.4 Å². The van der Waals surface area contributed by atoms with Crippen molar-refractivity contribution in [2.75, 3.05) is 0 Å². The zero-order chi connectivity index (χ0) is 18.7. The highest BCUT2D eigenvalue weighted by Crippen LogP contribution is 2.23. The van der Waals surface area contributed by atoms with Gasteiger partial charge in [-0.05, 0) is 18.2 Å². The van der Waals surface area contributed by atoms with E-state index >= 15 is 0 Å². The average molecular weight is 439 g/mol. The molecule has 0 saturated heterocycles. The molecule has 1 aromatic heterocycles. The lowest BCUT2D eigenvalue weighted by Gasteiger charge is -2.05. The fourth-order valence-electron chi connectivity index (χ4n) is 2.14. The summed E-state index contributed by atoms with van der Waals surface area (Å²) in [5.41, 5.74) is 0.177. The molecule has 0 saturated carbocycles. The highest BCUT2D eigenvalue weighted by molar-refractivity contribution is 9.10. The predicted molar refractivity (Wildman–Crippen MR) is 94.6 cm³/mol. The number of hydrogen-bond acceptors (Lipinski definition) is 7. The third kappa shape index (κ3) is 3.95. The summed E-state index contributed by atoms with van der Waals surface area (Å²) in [7, 11) is -4.12. The summed E-state index contributed by atoms with van der Waals surface area (Å²) in [5.74, 6) is 0.327. The maximum absolute atomic E-state index is 12.3. The fraction of sp³-hybridized carbons (Fsp3) is 0.0667. The summed E-state index contributed by atoms with van der Waals surface area (Å²) in [6.07, 6.45) is 0. The Balaban J connectivity index is 1.78. The van der Waals surface area contributed by atoms with Crippen molar-refractivity contribution in [3.05, 3.63) is 69.0 Å². The number of rotatable bonds is 6. The second kappa shape index (κ2) is 7.32. The summed E-state index contributed by atoms with van der Waals surface area (Å²) in [6, 6.07) is 12.3. The Morgan fingerprint density at radius 3 is 2.69 bits per heavy atom. The van der Waals surface area contributed by atoms with Crippen molar-refractivity contribution in [2.45, 2.75) is 11.4 Å². The van der Waals surface area contributed by atoms with Gasteiger partial charge in [-0.2, -0.15) is 4.98 Å². The van der Waals surface area contributed by atoms with E-state index in [1.54, 1.807) is 18.2 Å². The van der Waals surface area contributed by atoms with Crippen LogP contribution in [-0.2, 0) is 16.6 Å². The van der Waals surface area contributed by atoms with Crippen molar-refractivity contribution in [3.8, 4) is 11.4 Å². The third-order valence-electron chi connectivity index (χ3n) is 3.32. The number of nitrogens with one attached hydrogen (secondary N) is 1. The Morgan fingerprint density at radius 2 is 1.96 bits per heavy atom. The number of halogens is 1. The van der Waals surface area contributed by atoms with Gasteiger partial charge in [-0.25, -0.2) is 13.1 Å². The number of nitro groups is 1. The Bertz CT molecular complexity index is 1070. The summed E-state index contributed by atoms with van der Waals surface area (Å²) in [5, 5.41) is 14.8. The second-order valence-corrected chi connectivity index (χ2v) is 7.72. The van der Waals surface area contributed by atoms with E-state index < -0.39 is 25.5 Å². The molecule has 0 radical (unpaired) electrons. The van der Waals surface area contributed by atoms with Crippen LogP contribution in [0, 0.1) is 10.1 Å². The van der Waals surface area contributed by atoms with E-state index in [0.717, 1.165) is 16.6 Å². The first-order valence-corrected chi connectivity index (χ1v) is 9.46. The van der Waals surface area contributed by atoms with Crippen molar-refractivity contribution >= 4 is 31.6 Å². The van der Waals surface area contributed by atoms with Crippen LogP contribution in [0.1, 0.15) is 5.89 Å². The minimum absolute atomic E-state index is 0.0298. The van der Waals surface area contributed by atoms with Gasteiger partial charge in [0.05, 0.1) is 11.5 Å². The standard InChI is InChI=1S/C15H11BrN4O5S/c16-11-5-3-4-10(8-11)15-18-14(25-19-15)9-17-26(23,24)13-7-2-1-6-12(13)20(21)22/h1-8,17H,9H2. The number of aromatic nitrogens is 2. The van der Waals surface area contributed by atoms with Crippen LogP contribution in [0.4, 0.5) is 5.69 Å². The minimum atomic E-state index is -4.12. The van der Waals surface area contributed by atoms with Gasteiger partial charge in [0.15, 0.2) is 4.90 Å². The zero-order valence-corrected chi connectivity index (χ0v) is 15.4. The van der Waals surface area contributed by atoms with Gasteiger partial charge >= 0.3 is 0 Å². The van der Waals surface area contributed by atoms with E-state index in [0.29, 0.717) is 11.4 Å². The lowest BCUT2D eigenvalue weighted by molar-refractivity contribution is -0.387. The quantitative estimate of drug-likeness (QED) is 0.462. The average Bonchev–Trinajstić information content (AvgIpc) is 3.09. The lowest BCUT2D eigenvalue weighted by atomic mass is 10.2. The number of hydrogen-bond donors (Lipinski definition) is 1. The van der Waals surface area contributed by atoms with Crippen LogP contribution in [0.5, 0.6) is 0 Å². The number of sulfonamides is 1. The molecule has 134 valence electrons. The monoisotopic (exact) mass is 438 g/mol. The number of nitro benzene ring substituents is 1. The van der Waals surface area contributed by atoms with Crippen LogP contribution < -0.4 is 4.72 Å². The molecule has 1 N–H and O–H groups in total. The molecular formula is C15H11BrN4O5S. The maximum Gasteiger partial charge on any atom is 0.289 e. The molecule has 0 aliphatic heterocycles. The van der Waals surface area contributed by atoms with Gasteiger partial charge in [0.25, 0.3) is 5.69 Å². The molecule has 0 bridgehead atoms. The number of nitrogens with zero attached hydrogens (tertiary/aromatic N) is 3. The van der Waals surface area contributed by atoms with Crippen LogP contribution >= 0.6 is 15.9 Å². The molecular weight excluding hydrogens is 428 g/mol. The van der Waals surface area contributed by atoms with Crippen molar-refractivity contribution in [1.29, 1.82) is 0 Å². The molecule has 0 unspecified atom stereocenters. The smallest absolute Gasteiger partial charge is 0.289 e. The van der Waals surface area contributed by atoms with E-state index in [9.17, 15) is 18.5 Å². The van der Waals surface area contributed by atoms with Crippen LogP contribution in [0.15, 0.2) is 62.4 Å². The molecule has 0 spiro atoms. The van der Waals surface area contributed by atoms with Gasteiger partial charge in [-0.15, -0.1) is 0 Å². The van der Waals surface area contributed by atoms with Gasteiger partial charge in [-0.1, -0.05) is 45.4 Å². The van der Waals surface area contributed by atoms with Gasteiger partial charge < -0.3 is 4.52 Å². The molecule has 11 heteroatoms. The van der Waals surface area contributed by atoms with Crippen molar-refractivity contribution in [1.82, 2.24) is 14.9 Å². The van der Waals surface area contributed by atoms with Crippen LogP contribution in [-0.4, -0.2) is 23.5 Å². The van der Waals surface area contributed by atoms with Crippen molar-refractivity contribution < 1.29 is 17.9 Å². The van der Waals surface area contributed by atoms with E-state index in [1.807, 2.05) is 6.07 Å². The minimum Gasteiger partial charge on any atom is -0.338 e. The Kier molecular flexibility index (Phi) is 5.11. The molecule has 3 rings (SSSR count). The Labute approximate surface area is 156 Å². The summed E-state index contributed by atoms with van der Waals surface area (Å²) < 4.78 is 32.8. The van der Waals surface area contributed by atoms with E-state index in [4.69, 9.17) is 4.52 Å². The van der Waals surface area contributed by atoms with Crippen molar-refractivity contribution in [2.24, 2.45) is 0 Å². The first kappa shape index (κ1) is 18.2. The molecule has 2 aromatic carbocycles. The molecule has 0 amide bonds. The molecule has 0 aliphatic carbocycles. The number of para-hydroxylation sites is 1. The summed E-state index contributed by atoms with van der Waals surface area (Å²) in [6.45, 7) is -0.296. The molecule has 3 aromatic rings. The lowest BCUT2D eigenvalue weighted by Crippen LogP contribution is -2.24. The predicted octanol–water partition coefficient (Wildman–Crippen LogP) is 2.89. The van der Waals surface area contributed by atoms with Gasteiger partial charge in [0.1, 0.15) is 0 Å². The Morgan fingerprint density at radius 1 is 1.19 bits per heavy atom. The normalized spacial score (nSPS) is 11.4. The van der Waals surface area contributed by atoms with Crippen molar-refractivity contribution in [3.63, 3.8) is 0 Å². The zero-order valence-electron chi connectivity index (χ0n) is 13.0. The summed E-state index contributed by atoms with van der Waals surface area (Å²) >= 11 is 3.33. The molecule has 26 heavy (non-hydrogen) atoms. The largest absolute Gasteiger partial charge is 0.338 e. The molecule has 9 nitrogen and oxygen atoms in total. The van der Waals surface area contributed by atoms with E-state index in [1.165, 1.54) is 12.1 Å². The topological polar surface area (TPSA) is 128 Å². The van der Waals surface area contributed by atoms with E-state index in [2.05, 4.69) is 30.8 Å². The van der Waals surface area contributed by atoms with Crippen LogP contribution in [0.3, 0.4) is 0 Å². The highest BCUT2D eigenvalue weighted by Gasteiger charge is 2.25. The van der Waals surface area contributed by atoms with Gasteiger partial charge in [0.2, 0.25) is 21.7 Å². The van der Waals surface area contributed by atoms with Crippen LogP contribution in [0.25, 0.3) is 11.4 Å². The molecule has 0 atom stereocenters. The van der Waals surface area contributed by atoms with Crippen LogP contribution in [0.2, 0.25) is 0 Å². The SMILES string of the molecule is O=[N+]([O-])c1ccccc1S(=O)(=O)NCc1nc(-c2cccc(Br)c2)no1. The Hall–Kier alpha value is -2.63.